The maximum absolute atomic E-state index is 13.9. The van der Waals surface area contributed by atoms with Crippen molar-refractivity contribution < 1.29 is 13.6 Å². The zero-order valence-corrected chi connectivity index (χ0v) is 12.3. The normalized spacial score (nSPS) is 29.2. The van der Waals surface area contributed by atoms with Crippen molar-refractivity contribution >= 4 is 17.5 Å². The molecular weight excluding hydrogens is 278 g/mol. The van der Waals surface area contributed by atoms with Gasteiger partial charge in [-0.1, -0.05) is 6.42 Å². The predicted molar refractivity (Wildman–Crippen MR) is 77.2 cm³/mol. The summed E-state index contributed by atoms with van der Waals surface area (Å²) in [5, 5.41) is 1.09. The smallest absolute Gasteiger partial charge is 0.168 e. The van der Waals surface area contributed by atoms with Gasteiger partial charge in [-0.25, -0.2) is 8.78 Å². The molecule has 0 aliphatic carbocycles. The third kappa shape index (κ3) is 2.62. The summed E-state index contributed by atoms with van der Waals surface area (Å²) in [4.78, 5) is 12.5. The van der Waals surface area contributed by atoms with Crippen LogP contribution in [-0.2, 0) is 0 Å². The Morgan fingerprint density at radius 1 is 1.15 bits per heavy atom. The number of carbonyl (C=O) groups is 1. The number of hydrogen-bond donors (Lipinski definition) is 0. The van der Waals surface area contributed by atoms with E-state index < -0.39 is 11.6 Å². The van der Waals surface area contributed by atoms with Crippen LogP contribution in [0.15, 0.2) is 12.1 Å². The minimum atomic E-state index is -0.721. The number of aryl methyl sites for hydroxylation is 1. The lowest BCUT2D eigenvalue weighted by Crippen LogP contribution is -2.33. The van der Waals surface area contributed by atoms with E-state index in [1.807, 2.05) is 11.8 Å². The van der Waals surface area contributed by atoms with Crippen LogP contribution < -0.4 is 0 Å². The summed E-state index contributed by atoms with van der Waals surface area (Å²) >= 11 is 1.99. The Balaban J connectivity index is 1.84. The second kappa shape index (κ2) is 5.47. The molecule has 0 N–H and O–H groups in total. The van der Waals surface area contributed by atoms with Gasteiger partial charge in [0.05, 0.1) is 5.56 Å². The number of fused-ring (bicyclic) bond motifs is 2. The van der Waals surface area contributed by atoms with Gasteiger partial charge in [0.15, 0.2) is 5.78 Å². The maximum atomic E-state index is 13.9. The SMILES string of the molecule is Cc1cc(C(=O)C2CC3CCCC(C2)S3)c(F)cc1F. The Bertz CT molecular complexity index is 532. The molecule has 2 heterocycles. The van der Waals surface area contributed by atoms with Crippen molar-refractivity contribution in [3.8, 4) is 0 Å². The molecule has 20 heavy (non-hydrogen) atoms. The van der Waals surface area contributed by atoms with Gasteiger partial charge in [-0.2, -0.15) is 11.8 Å². The Labute approximate surface area is 122 Å². The molecule has 0 amide bonds. The van der Waals surface area contributed by atoms with Crippen LogP contribution in [0.25, 0.3) is 0 Å². The molecule has 2 unspecified atom stereocenters. The van der Waals surface area contributed by atoms with Crippen molar-refractivity contribution in [1.82, 2.24) is 0 Å². The minimum absolute atomic E-state index is 0.0684. The Morgan fingerprint density at radius 3 is 2.45 bits per heavy atom. The largest absolute Gasteiger partial charge is 0.294 e. The highest BCUT2D eigenvalue weighted by atomic mass is 32.2. The van der Waals surface area contributed by atoms with E-state index in [-0.39, 0.29) is 17.3 Å². The van der Waals surface area contributed by atoms with E-state index in [9.17, 15) is 13.6 Å². The average Bonchev–Trinajstić information content (AvgIpc) is 2.41. The quantitative estimate of drug-likeness (QED) is 0.746. The summed E-state index contributed by atoms with van der Waals surface area (Å²) < 4.78 is 27.2. The van der Waals surface area contributed by atoms with Crippen LogP contribution in [0.3, 0.4) is 0 Å². The van der Waals surface area contributed by atoms with Gasteiger partial charge in [0.2, 0.25) is 0 Å². The van der Waals surface area contributed by atoms with Crippen LogP contribution >= 0.6 is 11.8 Å². The van der Waals surface area contributed by atoms with Gasteiger partial charge < -0.3 is 0 Å². The molecule has 1 aromatic rings. The fourth-order valence-electron chi connectivity index (χ4n) is 3.34. The highest BCUT2D eigenvalue weighted by Gasteiger charge is 2.36. The van der Waals surface area contributed by atoms with Gasteiger partial charge in [0, 0.05) is 22.5 Å². The van der Waals surface area contributed by atoms with Gasteiger partial charge >= 0.3 is 0 Å². The van der Waals surface area contributed by atoms with E-state index in [0.29, 0.717) is 16.1 Å². The summed E-state index contributed by atoms with van der Waals surface area (Å²) in [5.41, 5.74) is 0.402. The highest BCUT2D eigenvalue weighted by Crippen LogP contribution is 2.44. The molecule has 2 saturated heterocycles. The maximum Gasteiger partial charge on any atom is 0.168 e. The molecule has 0 radical (unpaired) electrons. The molecule has 2 aliphatic heterocycles. The number of Topliss-reactive ketones (excluding diaryl/α,β-unsaturated/α-hetero) is 1. The summed E-state index contributed by atoms with van der Waals surface area (Å²) in [7, 11) is 0. The first kappa shape index (κ1) is 14.1. The zero-order chi connectivity index (χ0) is 14.3. The minimum Gasteiger partial charge on any atom is -0.294 e. The van der Waals surface area contributed by atoms with Gasteiger partial charge in [-0.15, -0.1) is 0 Å². The van der Waals surface area contributed by atoms with Gasteiger partial charge in [0.25, 0.3) is 0 Å². The lowest BCUT2D eigenvalue weighted by Gasteiger charge is -2.38. The Morgan fingerprint density at radius 2 is 1.80 bits per heavy atom. The van der Waals surface area contributed by atoms with Crippen molar-refractivity contribution in [1.29, 1.82) is 0 Å². The Kier molecular flexibility index (Phi) is 3.85. The number of hydrogen-bond acceptors (Lipinski definition) is 2. The summed E-state index contributed by atoms with van der Waals surface area (Å²) in [5.74, 6) is -1.54. The van der Waals surface area contributed by atoms with E-state index in [1.165, 1.54) is 12.5 Å². The molecule has 2 bridgehead atoms. The third-order valence-corrected chi connectivity index (χ3v) is 6.04. The van der Waals surface area contributed by atoms with Crippen LogP contribution in [0.4, 0.5) is 8.78 Å². The highest BCUT2D eigenvalue weighted by molar-refractivity contribution is 8.00. The summed E-state index contributed by atoms with van der Waals surface area (Å²) in [6.07, 6.45) is 5.25. The molecule has 3 rings (SSSR count). The Hall–Kier alpha value is -0.900. The first-order chi connectivity index (χ1) is 9.54. The molecule has 0 aromatic heterocycles. The van der Waals surface area contributed by atoms with Crippen LogP contribution in [0, 0.1) is 24.5 Å². The van der Waals surface area contributed by atoms with E-state index in [4.69, 9.17) is 0 Å². The number of benzene rings is 1. The molecule has 1 nitrogen and oxygen atoms in total. The fourth-order valence-corrected chi connectivity index (χ4v) is 5.18. The average molecular weight is 296 g/mol. The van der Waals surface area contributed by atoms with Crippen molar-refractivity contribution in [2.24, 2.45) is 5.92 Å². The monoisotopic (exact) mass is 296 g/mol. The topological polar surface area (TPSA) is 17.1 Å². The van der Waals surface area contributed by atoms with Crippen LogP contribution in [-0.4, -0.2) is 16.3 Å². The molecular formula is C16H18F2OS. The predicted octanol–water partition coefficient (Wildman–Crippen LogP) is 4.52. The lowest BCUT2D eigenvalue weighted by molar-refractivity contribution is 0.0892. The van der Waals surface area contributed by atoms with Gasteiger partial charge in [0.1, 0.15) is 11.6 Å². The molecule has 4 heteroatoms. The van der Waals surface area contributed by atoms with E-state index in [2.05, 4.69) is 0 Å². The lowest BCUT2D eigenvalue weighted by atomic mass is 9.84. The van der Waals surface area contributed by atoms with Crippen LogP contribution in [0.2, 0.25) is 0 Å². The standard InChI is InChI=1S/C16H18F2OS/c1-9-5-13(15(18)8-14(9)17)16(19)10-6-11-3-2-4-12(7-10)20-11/h5,8,10-12H,2-4,6-7H2,1H3. The second-order valence-corrected chi connectivity index (χ2v) is 7.53. The van der Waals surface area contributed by atoms with Crippen molar-refractivity contribution in [2.45, 2.75) is 49.5 Å². The summed E-state index contributed by atoms with van der Waals surface area (Å²) in [6.45, 7) is 1.57. The van der Waals surface area contributed by atoms with E-state index in [0.717, 1.165) is 31.7 Å². The second-order valence-electron chi connectivity index (χ2n) is 5.92. The first-order valence-electron chi connectivity index (χ1n) is 7.20. The number of ketones is 1. The van der Waals surface area contributed by atoms with E-state index in [1.54, 1.807) is 6.92 Å². The van der Waals surface area contributed by atoms with Gasteiger partial charge in [-0.05, 0) is 44.2 Å². The first-order valence-corrected chi connectivity index (χ1v) is 8.14. The summed E-state index contributed by atoms with van der Waals surface area (Å²) in [6, 6.07) is 2.20. The van der Waals surface area contributed by atoms with Crippen molar-refractivity contribution in [3.05, 3.63) is 34.9 Å². The molecule has 1 aromatic carbocycles. The number of rotatable bonds is 2. The molecule has 108 valence electrons. The molecule has 2 atom stereocenters. The molecule has 0 spiro atoms. The van der Waals surface area contributed by atoms with E-state index >= 15 is 0 Å². The van der Waals surface area contributed by atoms with Crippen molar-refractivity contribution in [2.75, 3.05) is 0 Å². The van der Waals surface area contributed by atoms with Crippen LogP contribution in [0.5, 0.6) is 0 Å². The molecule has 2 fully saturated rings. The van der Waals surface area contributed by atoms with Gasteiger partial charge in [-0.3, -0.25) is 4.79 Å². The number of halogens is 2. The van der Waals surface area contributed by atoms with Crippen molar-refractivity contribution in [3.63, 3.8) is 0 Å². The number of carbonyl (C=O) groups excluding carboxylic acids is 1. The molecule has 0 saturated carbocycles. The zero-order valence-electron chi connectivity index (χ0n) is 11.5. The molecule has 2 aliphatic rings. The fraction of sp³-hybridized carbons (Fsp3) is 0.562. The van der Waals surface area contributed by atoms with Crippen LogP contribution in [0.1, 0.15) is 48.0 Å². The third-order valence-electron chi connectivity index (χ3n) is 4.42. The number of thioether (sulfide) groups is 1.